The van der Waals surface area contributed by atoms with Gasteiger partial charge in [0.05, 0.1) is 0 Å². The Hall–Kier alpha value is -0.110. The van der Waals surface area contributed by atoms with Crippen molar-refractivity contribution in [3.05, 3.63) is 0 Å². The van der Waals surface area contributed by atoms with Crippen LogP contribution in [-0.4, -0.2) is 11.1 Å². The van der Waals surface area contributed by atoms with Gasteiger partial charge in [-0.15, -0.1) is 0 Å². The molecule has 4 fully saturated rings. The first-order chi connectivity index (χ1) is 5.23. The van der Waals surface area contributed by atoms with E-state index in [0.29, 0.717) is 0 Å². The van der Waals surface area contributed by atoms with Gasteiger partial charge in [0.25, 0.3) is 0 Å². The first-order valence-corrected chi connectivity index (χ1v) is 4.92. The molecular formula is C10H17FO. The summed E-state index contributed by atoms with van der Waals surface area (Å²) in [7, 11) is 0. The number of hydrogen-bond acceptors (Lipinski definition) is 0. The molecule has 0 aromatic carbocycles. The summed E-state index contributed by atoms with van der Waals surface area (Å²) in [5, 5.41) is 0. The van der Waals surface area contributed by atoms with E-state index in [4.69, 9.17) is 0 Å². The number of rotatable bonds is 0. The third kappa shape index (κ3) is 1.08. The Morgan fingerprint density at radius 3 is 1.42 bits per heavy atom. The zero-order valence-corrected chi connectivity index (χ0v) is 7.35. The van der Waals surface area contributed by atoms with E-state index in [-0.39, 0.29) is 5.48 Å². The summed E-state index contributed by atoms with van der Waals surface area (Å²) in [5.41, 5.74) is -0.700. The quantitative estimate of drug-likeness (QED) is 0.536. The van der Waals surface area contributed by atoms with Gasteiger partial charge in [0.1, 0.15) is 5.67 Å². The molecule has 1 nitrogen and oxygen atoms in total. The second-order valence-corrected chi connectivity index (χ2v) is 5.07. The van der Waals surface area contributed by atoms with Gasteiger partial charge in [0.2, 0.25) is 0 Å². The smallest absolute Gasteiger partial charge is 0.111 e. The fourth-order valence-electron chi connectivity index (χ4n) is 4.00. The average Bonchev–Trinajstić information content (AvgIpc) is 1.79. The van der Waals surface area contributed by atoms with Gasteiger partial charge in [-0.05, 0) is 56.3 Å². The van der Waals surface area contributed by atoms with Crippen LogP contribution in [0, 0.1) is 17.8 Å². The molecule has 0 aliphatic heterocycles. The van der Waals surface area contributed by atoms with Crippen LogP contribution in [-0.2, 0) is 0 Å². The molecule has 4 bridgehead atoms. The predicted octanol–water partition coefficient (Wildman–Crippen LogP) is 2.10. The molecule has 4 saturated carbocycles. The van der Waals surface area contributed by atoms with Crippen LogP contribution in [0.4, 0.5) is 4.39 Å². The second kappa shape index (κ2) is 2.44. The van der Waals surface area contributed by atoms with Gasteiger partial charge in [0.15, 0.2) is 0 Å². The molecule has 4 aliphatic carbocycles. The topological polar surface area (TPSA) is 31.5 Å². The van der Waals surface area contributed by atoms with Gasteiger partial charge in [-0.1, -0.05) is 0 Å². The van der Waals surface area contributed by atoms with E-state index in [1.807, 2.05) is 0 Å². The summed E-state index contributed by atoms with van der Waals surface area (Å²) in [4.78, 5) is 0. The Bertz CT molecular complexity index is 155. The highest BCUT2D eigenvalue weighted by Crippen LogP contribution is 2.57. The zero-order valence-electron chi connectivity index (χ0n) is 7.35. The van der Waals surface area contributed by atoms with Gasteiger partial charge >= 0.3 is 0 Å². The van der Waals surface area contributed by atoms with Gasteiger partial charge in [-0.2, -0.15) is 0 Å². The minimum Gasteiger partial charge on any atom is -0.412 e. The van der Waals surface area contributed by atoms with Crippen molar-refractivity contribution in [3.8, 4) is 0 Å². The van der Waals surface area contributed by atoms with Crippen molar-refractivity contribution in [2.45, 2.75) is 44.2 Å². The third-order valence-electron chi connectivity index (χ3n) is 3.96. The first kappa shape index (κ1) is 8.49. The Balaban J connectivity index is 0.000000563. The fourth-order valence-corrected chi connectivity index (χ4v) is 4.00. The van der Waals surface area contributed by atoms with Crippen LogP contribution in [0.15, 0.2) is 0 Å². The third-order valence-corrected chi connectivity index (χ3v) is 3.96. The lowest BCUT2D eigenvalue weighted by atomic mass is 9.55. The van der Waals surface area contributed by atoms with Gasteiger partial charge < -0.3 is 5.48 Å². The normalized spacial score (nSPS) is 55.2. The van der Waals surface area contributed by atoms with Crippen molar-refractivity contribution in [1.82, 2.24) is 0 Å². The van der Waals surface area contributed by atoms with E-state index in [2.05, 4.69) is 0 Å². The van der Waals surface area contributed by atoms with Crippen molar-refractivity contribution in [2.75, 3.05) is 0 Å². The highest BCUT2D eigenvalue weighted by atomic mass is 19.1. The number of alkyl halides is 1. The van der Waals surface area contributed by atoms with E-state index in [0.717, 1.165) is 37.0 Å². The lowest BCUT2D eigenvalue weighted by molar-refractivity contribution is -0.0727. The second-order valence-electron chi connectivity index (χ2n) is 5.07. The van der Waals surface area contributed by atoms with E-state index in [1.165, 1.54) is 19.3 Å². The van der Waals surface area contributed by atoms with Crippen LogP contribution >= 0.6 is 0 Å². The highest BCUT2D eigenvalue weighted by molar-refractivity contribution is 5.02. The van der Waals surface area contributed by atoms with Crippen molar-refractivity contribution in [3.63, 3.8) is 0 Å². The Labute approximate surface area is 72.7 Å². The van der Waals surface area contributed by atoms with Gasteiger partial charge in [-0.25, -0.2) is 4.39 Å². The Morgan fingerprint density at radius 2 is 1.17 bits per heavy atom. The highest BCUT2D eigenvalue weighted by Gasteiger charge is 2.51. The van der Waals surface area contributed by atoms with Crippen LogP contribution in [0.25, 0.3) is 0 Å². The summed E-state index contributed by atoms with van der Waals surface area (Å²) >= 11 is 0. The molecule has 4 aliphatic rings. The lowest BCUT2D eigenvalue weighted by Crippen LogP contribution is -2.47. The van der Waals surface area contributed by atoms with E-state index < -0.39 is 5.67 Å². The molecule has 12 heavy (non-hydrogen) atoms. The molecule has 0 aromatic rings. The van der Waals surface area contributed by atoms with Gasteiger partial charge in [-0.3, -0.25) is 0 Å². The Morgan fingerprint density at radius 1 is 0.833 bits per heavy atom. The fraction of sp³-hybridized carbons (Fsp3) is 1.00. The summed E-state index contributed by atoms with van der Waals surface area (Å²) in [6, 6.07) is 0. The first-order valence-electron chi connectivity index (χ1n) is 4.92. The SMILES string of the molecule is FC12CC3CC(CC(C3)C1)C2.O. The van der Waals surface area contributed by atoms with Crippen LogP contribution in [0.5, 0.6) is 0 Å². The molecule has 0 spiro atoms. The molecule has 70 valence electrons. The molecular weight excluding hydrogens is 155 g/mol. The van der Waals surface area contributed by atoms with Gasteiger partial charge in [0, 0.05) is 0 Å². The molecule has 0 saturated heterocycles. The standard InChI is InChI=1S/C10H15F.H2O/c11-10-4-7-1-8(5-10)3-9(2-7)6-10;/h7-9H,1-6H2;1H2. The maximum Gasteiger partial charge on any atom is 0.111 e. The van der Waals surface area contributed by atoms with E-state index >= 15 is 0 Å². The molecule has 0 radical (unpaired) electrons. The van der Waals surface area contributed by atoms with Crippen LogP contribution in [0.1, 0.15) is 38.5 Å². The molecule has 2 heteroatoms. The average molecular weight is 172 g/mol. The van der Waals surface area contributed by atoms with E-state index in [1.54, 1.807) is 0 Å². The number of hydrogen-bond donors (Lipinski definition) is 0. The molecule has 0 heterocycles. The summed E-state index contributed by atoms with van der Waals surface area (Å²) < 4.78 is 13.9. The lowest BCUT2D eigenvalue weighted by Gasteiger charge is -2.52. The molecule has 0 aromatic heterocycles. The molecule has 0 unspecified atom stereocenters. The van der Waals surface area contributed by atoms with Crippen LogP contribution in [0.3, 0.4) is 0 Å². The molecule has 2 N–H and O–H groups in total. The molecule has 0 atom stereocenters. The summed E-state index contributed by atoms with van der Waals surface area (Å²) in [5.74, 6) is 2.31. The van der Waals surface area contributed by atoms with Crippen LogP contribution in [0.2, 0.25) is 0 Å². The Kier molecular flexibility index (Phi) is 1.73. The predicted molar refractivity (Wildman–Crippen MR) is 45.6 cm³/mol. The maximum atomic E-state index is 13.9. The minimum atomic E-state index is -0.700. The number of halogens is 1. The van der Waals surface area contributed by atoms with Crippen molar-refractivity contribution in [1.29, 1.82) is 0 Å². The van der Waals surface area contributed by atoms with E-state index in [9.17, 15) is 4.39 Å². The van der Waals surface area contributed by atoms with Crippen molar-refractivity contribution < 1.29 is 9.87 Å². The molecule has 0 amide bonds. The monoisotopic (exact) mass is 172 g/mol. The summed E-state index contributed by atoms with van der Waals surface area (Å²) in [6.45, 7) is 0. The van der Waals surface area contributed by atoms with Crippen molar-refractivity contribution >= 4 is 0 Å². The zero-order chi connectivity index (χ0) is 7.47. The molecule has 4 rings (SSSR count). The van der Waals surface area contributed by atoms with Crippen LogP contribution < -0.4 is 0 Å². The summed E-state index contributed by atoms with van der Waals surface area (Å²) in [6.07, 6.45) is 6.76. The van der Waals surface area contributed by atoms with Crippen molar-refractivity contribution in [2.24, 2.45) is 17.8 Å². The largest absolute Gasteiger partial charge is 0.412 e. The minimum absolute atomic E-state index is 0. The maximum absolute atomic E-state index is 13.9.